The number of hydrogen-bond acceptors (Lipinski definition) is 2. The summed E-state index contributed by atoms with van der Waals surface area (Å²) in [5, 5.41) is 0. The van der Waals surface area contributed by atoms with E-state index < -0.39 is 6.85 Å². The summed E-state index contributed by atoms with van der Waals surface area (Å²) in [7, 11) is 0. The van der Waals surface area contributed by atoms with E-state index in [1.807, 2.05) is 0 Å². The minimum atomic E-state index is -2.43. The van der Waals surface area contributed by atoms with Gasteiger partial charge in [-0.3, -0.25) is 0 Å². The fourth-order valence-electron chi connectivity index (χ4n) is 0.376. The maximum Gasteiger partial charge on any atom is 0.123 e. The zero-order valence-electron chi connectivity index (χ0n) is 9.40. The molecule has 1 aromatic heterocycles. The number of halogens is 1. The summed E-state index contributed by atoms with van der Waals surface area (Å²) in [6.45, 7) is -2.43. The first-order chi connectivity index (χ1) is 6.25. The highest BCUT2D eigenvalue weighted by Gasteiger charge is 1.92. The summed E-state index contributed by atoms with van der Waals surface area (Å²) < 4.78 is 36.1. The van der Waals surface area contributed by atoms with Gasteiger partial charge in [0.1, 0.15) is 5.82 Å². The van der Waals surface area contributed by atoms with Gasteiger partial charge in [0.15, 0.2) is 0 Å². The smallest absolute Gasteiger partial charge is 0.123 e. The molecule has 0 aliphatic rings. The number of nitrogens with zero attached hydrogens (tertiary/aromatic N) is 1. The van der Waals surface area contributed by atoms with Gasteiger partial charge in [-0.2, -0.15) is 0 Å². The van der Waals surface area contributed by atoms with Crippen LogP contribution < -0.4 is 5.73 Å². The maximum atomic E-state index is 7.40. The normalized spacial score (nSPS) is 19.0. The molecule has 0 radical (unpaired) electrons. The van der Waals surface area contributed by atoms with Crippen molar-refractivity contribution in [3.63, 3.8) is 0 Å². The van der Waals surface area contributed by atoms with Crippen molar-refractivity contribution in [1.82, 2.24) is 4.98 Å². The molecule has 9 heavy (non-hydrogen) atoms. The highest BCUT2D eigenvalue weighted by molar-refractivity contribution is 9.10. The molecule has 2 N–H and O–H groups in total. The monoisotopic (exact) mass is 191 g/mol. The minimum Gasteiger partial charge on any atom is -0.384 e. The highest BCUT2D eigenvalue weighted by Crippen LogP contribution is 2.13. The lowest BCUT2D eigenvalue weighted by atomic mass is 10.4. The molecule has 3 heteroatoms. The lowest BCUT2D eigenvalue weighted by molar-refractivity contribution is 1.19. The summed E-state index contributed by atoms with van der Waals surface area (Å²) in [4.78, 5) is 3.57. The van der Waals surface area contributed by atoms with Gasteiger partial charge in [0.05, 0.1) is 8.44 Å². The molecule has 48 valence electrons. The molecule has 0 aromatic carbocycles. The van der Waals surface area contributed by atoms with E-state index in [0.717, 1.165) is 0 Å². The molecule has 0 spiro atoms. The van der Waals surface area contributed by atoms with Gasteiger partial charge >= 0.3 is 0 Å². The van der Waals surface area contributed by atoms with Gasteiger partial charge in [-0.15, -0.1) is 0 Å². The molecule has 0 saturated heterocycles. The number of pyridine rings is 1. The molecule has 1 rings (SSSR count). The second-order valence-electron chi connectivity index (χ2n) is 1.41. The summed E-state index contributed by atoms with van der Waals surface area (Å²) >= 11 is 2.92. The van der Waals surface area contributed by atoms with Crippen molar-refractivity contribution < 1.29 is 6.85 Å². The van der Waals surface area contributed by atoms with Gasteiger partial charge in [-0.05, 0) is 34.9 Å². The molecular formula is C6H7BrN2. The number of aryl methyl sites for hydroxylation is 1. The molecule has 0 saturated carbocycles. The maximum absolute atomic E-state index is 7.40. The predicted octanol–water partition coefficient (Wildman–Crippen LogP) is 1.73. The van der Waals surface area contributed by atoms with E-state index in [9.17, 15) is 0 Å². The van der Waals surface area contributed by atoms with E-state index in [2.05, 4.69) is 20.9 Å². The van der Waals surface area contributed by atoms with Crippen molar-refractivity contribution in [3.05, 3.63) is 22.3 Å². The third kappa shape index (κ3) is 1.42. The largest absolute Gasteiger partial charge is 0.384 e. The lowest BCUT2D eigenvalue weighted by Crippen LogP contribution is -1.91. The Morgan fingerprint density at radius 3 is 3.33 bits per heavy atom. The molecule has 1 aromatic rings. The molecule has 0 fully saturated rings. The molecule has 1 heterocycles. The number of nitrogens with two attached hydrogens (primary N) is 1. The minimum absolute atomic E-state index is 0.00306. The standard InChI is InChI=1S/C6H7BrN2/c1-4-5(7)2-3-6(8)9-4/h2-3H,1H3,(H2,8,9)/i1D3,2D,3D. The molecule has 2 nitrogen and oxygen atoms in total. The fourth-order valence-corrected chi connectivity index (χ4v) is 0.563. The van der Waals surface area contributed by atoms with E-state index in [1.165, 1.54) is 0 Å². The van der Waals surface area contributed by atoms with Crippen LogP contribution in [0.2, 0.25) is 0 Å². The van der Waals surface area contributed by atoms with E-state index >= 15 is 0 Å². The van der Waals surface area contributed by atoms with Crippen LogP contribution in [0.3, 0.4) is 0 Å². The zero-order valence-corrected chi connectivity index (χ0v) is 5.99. The van der Waals surface area contributed by atoms with E-state index in [0.29, 0.717) is 0 Å². The van der Waals surface area contributed by atoms with Crippen LogP contribution in [0.4, 0.5) is 5.82 Å². The Hall–Kier alpha value is -0.570. The van der Waals surface area contributed by atoms with Gasteiger partial charge < -0.3 is 5.73 Å². The fraction of sp³-hybridized carbons (Fsp3) is 0.167. The van der Waals surface area contributed by atoms with Crippen LogP contribution in [0.25, 0.3) is 0 Å². The first-order valence-electron chi connectivity index (χ1n) is 4.67. The third-order valence-electron chi connectivity index (χ3n) is 0.740. The molecule has 0 bridgehead atoms. The van der Waals surface area contributed by atoms with Crippen LogP contribution in [-0.2, 0) is 0 Å². The van der Waals surface area contributed by atoms with Crippen LogP contribution in [0.5, 0.6) is 0 Å². The Morgan fingerprint density at radius 2 is 2.67 bits per heavy atom. The molecule has 0 unspecified atom stereocenters. The number of rotatable bonds is 0. The third-order valence-corrected chi connectivity index (χ3v) is 1.31. The summed E-state index contributed by atoms with van der Waals surface area (Å²) in [6, 6.07) is -0.534. The van der Waals surface area contributed by atoms with Crippen molar-refractivity contribution in [2.75, 3.05) is 5.73 Å². The summed E-state index contributed by atoms with van der Waals surface area (Å²) in [5.41, 5.74) is 5.02. The average Bonchev–Trinajstić information content (AvgIpc) is 2.06. The van der Waals surface area contributed by atoms with E-state index in [-0.39, 0.29) is 28.1 Å². The molecule has 0 amide bonds. The SMILES string of the molecule is [2H]c1c(N)nc(C([2H])([2H])[2H])c(Br)c1[2H]. The summed E-state index contributed by atoms with van der Waals surface area (Å²) in [5.74, 6) is -0.246. The van der Waals surface area contributed by atoms with Gasteiger partial charge in [0.25, 0.3) is 0 Å². The van der Waals surface area contributed by atoms with Crippen LogP contribution in [-0.4, -0.2) is 4.98 Å². The summed E-state index contributed by atoms with van der Waals surface area (Å²) in [6.07, 6.45) is 0. The van der Waals surface area contributed by atoms with Crippen molar-refractivity contribution >= 4 is 21.7 Å². The Kier molecular flexibility index (Phi) is 0.674. The lowest BCUT2D eigenvalue weighted by Gasteiger charge is -1.95. The van der Waals surface area contributed by atoms with Crippen LogP contribution in [0, 0.1) is 6.85 Å². The second-order valence-corrected chi connectivity index (χ2v) is 2.20. The van der Waals surface area contributed by atoms with Gasteiger partial charge in [-0.1, -0.05) is 0 Å². The van der Waals surface area contributed by atoms with E-state index in [4.69, 9.17) is 12.6 Å². The quantitative estimate of drug-likeness (QED) is 0.679. The second kappa shape index (κ2) is 2.35. The molecule has 0 aliphatic heterocycles. The highest BCUT2D eigenvalue weighted by atomic mass is 79.9. The van der Waals surface area contributed by atoms with Crippen molar-refractivity contribution in [2.24, 2.45) is 0 Å². The predicted molar refractivity (Wildman–Crippen MR) is 41.1 cm³/mol. The van der Waals surface area contributed by atoms with Crippen molar-refractivity contribution in [3.8, 4) is 0 Å². The van der Waals surface area contributed by atoms with Crippen molar-refractivity contribution in [2.45, 2.75) is 6.85 Å². The first-order valence-corrected chi connectivity index (χ1v) is 2.97. The van der Waals surface area contributed by atoms with Crippen LogP contribution in [0.15, 0.2) is 16.6 Å². The number of aromatic nitrogens is 1. The number of hydrogen-bond donors (Lipinski definition) is 1. The van der Waals surface area contributed by atoms with Gasteiger partial charge in [0, 0.05) is 8.58 Å². The van der Waals surface area contributed by atoms with Crippen LogP contribution in [0.1, 0.15) is 12.5 Å². The Labute approximate surface area is 69.2 Å². The molecule has 0 aliphatic carbocycles. The first kappa shape index (κ1) is 2.58. The topological polar surface area (TPSA) is 38.9 Å². The van der Waals surface area contributed by atoms with Crippen molar-refractivity contribution in [1.29, 1.82) is 0 Å². The van der Waals surface area contributed by atoms with Crippen LogP contribution >= 0.6 is 15.9 Å². The zero-order chi connectivity index (χ0) is 11.1. The number of anilines is 1. The van der Waals surface area contributed by atoms with Gasteiger partial charge in [0.2, 0.25) is 0 Å². The Morgan fingerprint density at radius 1 is 1.89 bits per heavy atom. The van der Waals surface area contributed by atoms with Gasteiger partial charge in [-0.25, -0.2) is 4.98 Å². The molecular weight excluding hydrogens is 180 g/mol. The molecule has 0 atom stereocenters. The Bertz CT molecular complexity index is 375. The Balaban J connectivity index is 3.49. The number of nitrogen functional groups attached to an aromatic ring is 1. The van der Waals surface area contributed by atoms with E-state index in [1.54, 1.807) is 0 Å². The average molecular weight is 192 g/mol.